The lowest BCUT2D eigenvalue weighted by Crippen LogP contribution is -2.45. The standard InChI is InChI=1S/C24H30N4O5/c1-16(29)26-17-3-5-18(6-4-17)28-15-24-8-7-19(33-24)20(21(24)23(28)31)22(30)25-9-2-10-27-11-13-32-14-12-27/h3-8,19-21H,2,9-15H2,1H3,(H,25,30)(H,26,29). The molecule has 3 amide bonds. The van der Waals surface area contributed by atoms with Gasteiger partial charge >= 0.3 is 0 Å². The van der Waals surface area contributed by atoms with Gasteiger partial charge in [-0.25, -0.2) is 0 Å². The van der Waals surface area contributed by atoms with Crippen LogP contribution in [0.2, 0.25) is 0 Å². The van der Waals surface area contributed by atoms with E-state index >= 15 is 0 Å². The summed E-state index contributed by atoms with van der Waals surface area (Å²) in [7, 11) is 0. The number of amides is 3. The van der Waals surface area contributed by atoms with E-state index in [9.17, 15) is 14.4 Å². The van der Waals surface area contributed by atoms with Crippen LogP contribution in [0.5, 0.6) is 0 Å². The van der Waals surface area contributed by atoms with Crippen molar-refractivity contribution in [3.63, 3.8) is 0 Å². The molecule has 1 spiro atoms. The summed E-state index contributed by atoms with van der Waals surface area (Å²) >= 11 is 0. The molecule has 4 heterocycles. The van der Waals surface area contributed by atoms with Crippen molar-refractivity contribution in [2.24, 2.45) is 11.8 Å². The molecule has 4 atom stereocenters. The maximum absolute atomic E-state index is 13.4. The third kappa shape index (κ3) is 4.16. The molecule has 176 valence electrons. The van der Waals surface area contributed by atoms with Gasteiger partial charge in [0.25, 0.3) is 0 Å². The second kappa shape index (κ2) is 8.89. The minimum absolute atomic E-state index is 0.0948. The Labute approximate surface area is 193 Å². The van der Waals surface area contributed by atoms with Crippen molar-refractivity contribution in [1.82, 2.24) is 10.2 Å². The van der Waals surface area contributed by atoms with Crippen molar-refractivity contribution in [3.8, 4) is 0 Å². The van der Waals surface area contributed by atoms with E-state index in [1.165, 1.54) is 6.92 Å². The zero-order chi connectivity index (χ0) is 23.0. The molecule has 1 aromatic carbocycles. The summed E-state index contributed by atoms with van der Waals surface area (Å²) in [5.74, 6) is -1.41. The van der Waals surface area contributed by atoms with Crippen LogP contribution in [0, 0.1) is 11.8 Å². The van der Waals surface area contributed by atoms with Gasteiger partial charge in [0, 0.05) is 37.9 Å². The van der Waals surface area contributed by atoms with Gasteiger partial charge < -0.3 is 25.0 Å². The van der Waals surface area contributed by atoms with E-state index < -0.39 is 17.4 Å². The van der Waals surface area contributed by atoms with Crippen molar-refractivity contribution >= 4 is 29.1 Å². The average molecular weight is 455 g/mol. The van der Waals surface area contributed by atoms with Crippen LogP contribution in [0.25, 0.3) is 0 Å². The molecular formula is C24H30N4O5. The molecule has 2 bridgehead atoms. The minimum atomic E-state index is -0.756. The summed E-state index contributed by atoms with van der Waals surface area (Å²) in [4.78, 5) is 41.8. The Morgan fingerprint density at radius 1 is 1.18 bits per heavy atom. The third-order valence-electron chi connectivity index (χ3n) is 6.96. The zero-order valence-corrected chi connectivity index (χ0v) is 18.8. The highest BCUT2D eigenvalue weighted by Gasteiger charge is 2.67. The number of carbonyl (C=O) groups is 3. The highest BCUT2D eigenvalue weighted by molar-refractivity contribution is 6.03. The van der Waals surface area contributed by atoms with Gasteiger partial charge in [-0.3, -0.25) is 19.3 Å². The molecule has 33 heavy (non-hydrogen) atoms. The second-order valence-electron chi connectivity index (χ2n) is 9.15. The van der Waals surface area contributed by atoms with Crippen molar-refractivity contribution in [2.75, 3.05) is 56.2 Å². The molecule has 2 N–H and O–H groups in total. The number of rotatable bonds is 7. The van der Waals surface area contributed by atoms with Crippen LogP contribution in [-0.4, -0.2) is 80.3 Å². The van der Waals surface area contributed by atoms with E-state index in [1.54, 1.807) is 29.2 Å². The van der Waals surface area contributed by atoms with Crippen molar-refractivity contribution in [1.29, 1.82) is 0 Å². The van der Waals surface area contributed by atoms with Crippen LogP contribution >= 0.6 is 0 Å². The van der Waals surface area contributed by atoms with Gasteiger partial charge in [0.1, 0.15) is 5.60 Å². The largest absolute Gasteiger partial charge is 0.379 e. The molecule has 4 unspecified atom stereocenters. The summed E-state index contributed by atoms with van der Waals surface area (Å²) in [6, 6.07) is 7.14. The molecular weight excluding hydrogens is 424 g/mol. The Kier molecular flexibility index (Phi) is 5.94. The van der Waals surface area contributed by atoms with Gasteiger partial charge in [0.2, 0.25) is 17.7 Å². The number of nitrogens with one attached hydrogen (secondary N) is 2. The molecule has 5 rings (SSSR count). The van der Waals surface area contributed by atoms with Gasteiger partial charge in [0.15, 0.2) is 0 Å². The predicted molar refractivity (Wildman–Crippen MR) is 122 cm³/mol. The molecule has 0 saturated carbocycles. The first-order chi connectivity index (χ1) is 16.0. The predicted octanol–water partition coefficient (Wildman–Crippen LogP) is 0.770. The Bertz CT molecular complexity index is 958. The van der Waals surface area contributed by atoms with E-state index in [-0.39, 0.29) is 23.8 Å². The van der Waals surface area contributed by atoms with Gasteiger partial charge in [-0.1, -0.05) is 12.2 Å². The minimum Gasteiger partial charge on any atom is -0.379 e. The van der Waals surface area contributed by atoms with Gasteiger partial charge in [-0.15, -0.1) is 0 Å². The zero-order valence-electron chi connectivity index (χ0n) is 18.8. The highest BCUT2D eigenvalue weighted by Crippen LogP contribution is 2.52. The molecule has 9 nitrogen and oxygen atoms in total. The number of carbonyl (C=O) groups excluding carboxylic acids is 3. The Morgan fingerprint density at radius 3 is 2.67 bits per heavy atom. The normalized spacial score (nSPS) is 30.5. The summed E-state index contributed by atoms with van der Waals surface area (Å²) < 4.78 is 11.6. The van der Waals surface area contributed by atoms with Crippen LogP contribution in [-0.2, 0) is 23.9 Å². The van der Waals surface area contributed by atoms with Crippen molar-refractivity contribution in [2.45, 2.75) is 25.0 Å². The first-order valence-corrected chi connectivity index (χ1v) is 11.6. The Morgan fingerprint density at radius 2 is 1.94 bits per heavy atom. The van der Waals surface area contributed by atoms with Crippen LogP contribution < -0.4 is 15.5 Å². The number of benzene rings is 1. The van der Waals surface area contributed by atoms with E-state index in [1.807, 2.05) is 12.2 Å². The molecule has 1 aromatic rings. The van der Waals surface area contributed by atoms with Crippen LogP contribution in [0.15, 0.2) is 36.4 Å². The van der Waals surface area contributed by atoms with E-state index in [0.29, 0.717) is 18.8 Å². The number of anilines is 2. The first-order valence-electron chi connectivity index (χ1n) is 11.6. The molecule has 4 aliphatic heterocycles. The molecule has 4 aliphatic rings. The van der Waals surface area contributed by atoms with E-state index in [2.05, 4.69) is 15.5 Å². The lowest BCUT2D eigenvalue weighted by Gasteiger charge is -2.27. The topological polar surface area (TPSA) is 100 Å². The number of ether oxygens (including phenoxy) is 2. The molecule has 3 fully saturated rings. The third-order valence-corrected chi connectivity index (χ3v) is 6.96. The summed E-state index contributed by atoms with van der Waals surface area (Å²) in [6.07, 6.45) is 4.37. The van der Waals surface area contributed by atoms with E-state index in [0.717, 1.165) is 45.0 Å². The fourth-order valence-corrected chi connectivity index (χ4v) is 5.40. The second-order valence-corrected chi connectivity index (χ2v) is 9.15. The maximum atomic E-state index is 13.4. The smallest absolute Gasteiger partial charge is 0.234 e. The number of morpholine rings is 1. The number of hydrogen-bond donors (Lipinski definition) is 2. The van der Waals surface area contributed by atoms with Crippen molar-refractivity contribution in [3.05, 3.63) is 36.4 Å². The van der Waals surface area contributed by atoms with E-state index in [4.69, 9.17) is 9.47 Å². The number of fused-ring (bicyclic) bond motifs is 1. The molecule has 0 aromatic heterocycles. The quantitative estimate of drug-likeness (QED) is 0.466. The van der Waals surface area contributed by atoms with Crippen LogP contribution in [0.1, 0.15) is 13.3 Å². The Balaban J connectivity index is 1.22. The molecule has 3 saturated heterocycles. The molecule has 9 heteroatoms. The SMILES string of the molecule is CC(=O)Nc1ccc(N2CC34C=CC(O3)C(C(=O)NCCCN3CCOCC3)C4C2=O)cc1. The monoisotopic (exact) mass is 454 g/mol. The first kappa shape index (κ1) is 22.1. The number of hydrogen-bond acceptors (Lipinski definition) is 6. The number of nitrogens with zero attached hydrogens (tertiary/aromatic N) is 2. The van der Waals surface area contributed by atoms with Crippen LogP contribution in [0.4, 0.5) is 11.4 Å². The molecule has 0 radical (unpaired) electrons. The summed E-state index contributed by atoms with van der Waals surface area (Å²) in [5, 5.41) is 5.76. The van der Waals surface area contributed by atoms with Crippen LogP contribution in [0.3, 0.4) is 0 Å². The van der Waals surface area contributed by atoms with Gasteiger partial charge in [0.05, 0.1) is 37.7 Å². The van der Waals surface area contributed by atoms with Gasteiger partial charge in [-0.2, -0.15) is 0 Å². The fourth-order valence-electron chi connectivity index (χ4n) is 5.40. The summed E-state index contributed by atoms with van der Waals surface area (Å²) in [5.41, 5.74) is 0.638. The average Bonchev–Trinajstić information content (AvgIpc) is 3.46. The lowest BCUT2D eigenvalue weighted by atomic mass is 9.77. The van der Waals surface area contributed by atoms with Gasteiger partial charge in [-0.05, 0) is 37.2 Å². The van der Waals surface area contributed by atoms with Crippen molar-refractivity contribution < 1.29 is 23.9 Å². The molecule has 0 aliphatic carbocycles. The highest BCUT2D eigenvalue weighted by atomic mass is 16.5. The Hall–Kier alpha value is -2.75. The fraction of sp³-hybridized carbons (Fsp3) is 0.542. The maximum Gasteiger partial charge on any atom is 0.234 e. The summed E-state index contributed by atoms with van der Waals surface area (Å²) in [6.45, 7) is 6.70. The lowest BCUT2D eigenvalue weighted by molar-refractivity contribution is -0.131.